The van der Waals surface area contributed by atoms with Crippen LogP contribution in [0.5, 0.6) is 0 Å². The Morgan fingerprint density at radius 2 is 2.04 bits per heavy atom. The molecule has 0 spiro atoms. The normalized spacial score (nSPS) is 19.2. The highest BCUT2D eigenvalue weighted by molar-refractivity contribution is 7.21. The fourth-order valence-electron chi connectivity index (χ4n) is 3.77. The van der Waals surface area contributed by atoms with Crippen LogP contribution < -0.4 is 21.9 Å². The number of pyridine rings is 1. The fraction of sp³-hybridized carbons (Fsp3) is 0.529. The first-order valence-corrected chi connectivity index (χ1v) is 9.36. The lowest BCUT2D eigenvalue weighted by Crippen LogP contribution is -2.34. The second-order valence-electron chi connectivity index (χ2n) is 7.31. The van der Waals surface area contributed by atoms with Crippen LogP contribution in [0.15, 0.2) is 0 Å². The maximum atomic E-state index is 12.1. The van der Waals surface area contributed by atoms with Crippen molar-refractivity contribution in [3.8, 4) is 0 Å². The summed E-state index contributed by atoms with van der Waals surface area (Å²) >= 11 is 1.31. The molecule has 4 rings (SSSR count). The first-order chi connectivity index (χ1) is 11.9. The first-order valence-electron chi connectivity index (χ1n) is 8.55. The molecule has 4 heterocycles. The van der Waals surface area contributed by atoms with Crippen LogP contribution in [0.1, 0.15) is 47.5 Å². The predicted octanol–water partition coefficient (Wildman–Crippen LogP) is 1.93. The van der Waals surface area contributed by atoms with Crippen LogP contribution in [-0.4, -0.2) is 29.6 Å². The minimum absolute atomic E-state index is 0.270. The number of thiophene rings is 1. The van der Waals surface area contributed by atoms with Gasteiger partial charge in [0.05, 0.1) is 17.9 Å². The number of nitrogens with one attached hydrogen (secondary N) is 1. The molecule has 2 aliphatic rings. The largest absolute Gasteiger partial charge is 0.397 e. The summed E-state index contributed by atoms with van der Waals surface area (Å²) in [4.78, 5) is 20.5. The molecule has 2 aromatic heterocycles. The van der Waals surface area contributed by atoms with Crippen molar-refractivity contribution in [2.24, 2.45) is 5.84 Å². The average molecular weight is 361 g/mol. The zero-order valence-electron chi connectivity index (χ0n) is 14.5. The van der Waals surface area contributed by atoms with E-state index in [1.807, 2.05) is 0 Å². The number of amides is 1. The molecule has 1 amide bonds. The number of aromatic nitrogens is 1. The molecule has 0 atom stereocenters. The SMILES string of the molecule is CC1(C)Cc2c(c(N3CCCC3)nc3sc(C(=O)NN)c(N)c23)CO1. The third-order valence-electron chi connectivity index (χ3n) is 5.02. The second-order valence-corrected chi connectivity index (χ2v) is 8.31. The number of anilines is 2. The summed E-state index contributed by atoms with van der Waals surface area (Å²) in [5, 5.41) is 0.887. The Balaban J connectivity index is 1.98. The van der Waals surface area contributed by atoms with Gasteiger partial charge in [0.15, 0.2) is 0 Å². The molecule has 0 aromatic carbocycles. The van der Waals surface area contributed by atoms with Gasteiger partial charge in [0, 0.05) is 30.5 Å². The van der Waals surface area contributed by atoms with Gasteiger partial charge in [-0.25, -0.2) is 10.8 Å². The molecular weight excluding hydrogens is 338 g/mol. The van der Waals surface area contributed by atoms with E-state index in [4.69, 9.17) is 21.3 Å². The summed E-state index contributed by atoms with van der Waals surface area (Å²) in [6.45, 7) is 6.68. The number of fused-ring (bicyclic) bond motifs is 3. The molecule has 2 aromatic rings. The van der Waals surface area contributed by atoms with Gasteiger partial charge in [0.1, 0.15) is 15.5 Å². The number of nitrogens with zero attached hydrogens (tertiary/aromatic N) is 2. The summed E-state index contributed by atoms with van der Waals surface area (Å²) in [5.74, 6) is 5.92. The van der Waals surface area contributed by atoms with Crippen molar-refractivity contribution in [2.45, 2.75) is 45.3 Å². The molecule has 5 N–H and O–H groups in total. The Hall–Kier alpha value is -1.90. The quantitative estimate of drug-likeness (QED) is 0.429. The van der Waals surface area contributed by atoms with Gasteiger partial charge in [-0.05, 0) is 32.3 Å². The molecule has 1 fully saturated rings. The van der Waals surface area contributed by atoms with Crippen LogP contribution in [0.3, 0.4) is 0 Å². The monoisotopic (exact) mass is 361 g/mol. The highest BCUT2D eigenvalue weighted by Crippen LogP contribution is 2.43. The van der Waals surface area contributed by atoms with E-state index in [0.717, 1.165) is 46.7 Å². The average Bonchev–Trinajstić information content (AvgIpc) is 3.20. The maximum Gasteiger partial charge on any atom is 0.277 e. The Morgan fingerprint density at radius 1 is 1.32 bits per heavy atom. The lowest BCUT2D eigenvalue weighted by molar-refractivity contribution is -0.0395. The van der Waals surface area contributed by atoms with Gasteiger partial charge in [-0.15, -0.1) is 11.3 Å². The van der Waals surface area contributed by atoms with E-state index in [-0.39, 0.29) is 11.5 Å². The van der Waals surface area contributed by atoms with Gasteiger partial charge < -0.3 is 15.4 Å². The molecule has 8 heteroatoms. The van der Waals surface area contributed by atoms with Crippen molar-refractivity contribution in [3.05, 3.63) is 16.0 Å². The van der Waals surface area contributed by atoms with Crippen LogP contribution in [0.2, 0.25) is 0 Å². The number of hydrazine groups is 1. The molecule has 2 aliphatic heterocycles. The number of carbonyl (C=O) groups is 1. The molecule has 0 saturated carbocycles. The Bertz CT molecular complexity index is 855. The minimum atomic E-state index is -0.372. The summed E-state index contributed by atoms with van der Waals surface area (Å²) in [5.41, 5.74) is 11.0. The number of rotatable bonds is 2. The Kier molecular flexibility index (Phi) is 3.86. The highest BCUT2D eigenvalue weighted by Gasteiger charge is 2.34. The van der Waals surface area contributed by atoms with E-state index in [1.165, 1.54) is 24.2 Å². The van der Waals surface area contributed by atoms with E-state index < -0.39 is 0 Å². The van der Waals surface area contributed by atoms with Crippen LogP contribution in [0.25, 0.3) is 10.2 Å². The molecule has 1 saturated heterocycles. The third-order valence-corrected chi connectivity index (χ3v) is 6.12. The van der Waals surface area contributed by atoms with Crippen molar-refractivity contribution < 1.29 is 9.53 Å². The predicted molar refractivity (Wildman–Crippen MR) is 99.7 cm³/mol. The number of nitrogen functional groups attached to an aromatic ring is 2. The topological polar surface area (TPSA) is 106 Å². The summed E-state index contributed by atoms with van der Waals surface area (Å²) in [6, 6.07) is 0. The van der Waals surface area contributed by atoms with Gasteiger partial charge in [-0.1, -0.05) is 0 Å². The van der Waals surface area contributed by atoms with Crippen LogP contribution in [-0.2, 0) is 17.8 Å². The van der Waals surface area contributed by atoms with E-state index in [1.54, 1.807) is 0 Å². The zero-order chi connectivity index (χ0) is 17.8. The Labute approximate surface area is 150 Å². The van der Waals surface area contributed by atoms with Crippen LogP contribution in [0.4, 0.5) is 11.5 Å². The van der Waals surface area contributed by atoms with Crippen LogP contribution >= 0.6 is 11.3 Å². The molecule has 0 radical (unpaired) electrons. The molecule has 25 heavy (non-hydrogen) atoms. The van der Waals surface area contributed by atoms with Gasteiger partial charge in [-0.3, -0.25) is 10.2 Å². The van der Waals surface area contributed by atoms with Crippen molar-refractivity contribution in [3.63, 3.8) is 0 Å². The van der Waals surface area contributed by atoms with E-state index in [0.29, 0.717) is 17.2 Å². The molecule has 0 bridgehead atoms. The number of carbonyl (C=O) groups excluding carboxylic acids is 1. The van der Waals surface area contributed by atoms with Crippen molar-refractivity contribution >= 4 is 39.0 Å². The van der Waals surface area contributed by atoms with E-state index in [2.05, 4.69) is 24.2 Å². The summed E-state index contributed by atoms with van der Waals surface area (Å²) < 4.78 is 6.05. The summed E-state index contributed by atoms with van der Waals surface area (Å²) in [7, 11) is 0. The number of hydrogen-bond donors (Lipinski definition) is 3. The van der Waals surface area contributed by atoms with Crippen molar-refractivity contribution in [1.29, 1.82) is 0 Å². The van der Waals surface area contributed by atoms with Gasteiger partial charge in [0.2, 0.25) is 0 Å². The fourth-order valence-corrected chi connectivity index (χ4v) is 4.79. The molecule has 0 aliphatic carbocycles. The molecule has 0 unspecified atom stereocenters. The summed E-state index contributed by atoms with van der Waals surface area (Å²) in [6.07, 6.45) is 3.09. The Morgan fingerprint density at radius 3 is 2.72 bits per heavy atom. The van der Waals surface area contributed by atoms with Gasteiger partial charge in [-0.2, -0.15) is 0 Å². The number of hydrogen-bond acceptors (Lipinski definition) is 7. The van der Waals surface area contributed by atoms with Crippen molar-refractivity contribution in [1.82, 2.24) is 10.4 Å². The van der Waals surface area contributed by atoms with Crippen LogP contribution in [0, 0.1) is 0 Å². The van der Waals surface area contributed by atoms with E-state index >= 15 is 0 Å². The highest BCUT2D eigenvalue weighted by atomic mass is 32.1. The number of nitrogens with two attached hydrogens (primary N) is 2. The standard InChI is InChI=1S/C17H23N5O2S/c1-17(2)7-9-10(8-24-17)14(22-5-3-4-6-22)20-16-11(9)12(18)13(25-16)15(23)21-19/h3-8,18-19H2,1-2H3,(H,21,23). The minimum Gasteiger partial charge on any atom is -0.397 e. The smallest absolute Gasteiger partial charge is 0.277 e. The van der Waals surface area contributed by atoms with E-state index in [9.17, 15) is 4.79 Å². The van der Waals surface area contributed by atoms with Gasteiger partial charge >= 0.3 is 0 Å². The van der Waals surface area contributed by atoms with Gasteiger partial charge in [0.25, 0.3) is 5.91 Å². The third kappa shape index (κ3) is 2.65. The lowest BCUT2D eigenvalue weighted by Gasteiger charge is -2.34. The molecular formula is C17H23N5O2S. The van der Waals surface area contributed by atoms with Crippen molar-refractivity contribution in [2.75, 3.05) is 23.7 Å². The first kappa shape index (κ1) is 16.6. The molecule has 134 valence electrons. The maximum absolute atomic E-state index is 12.1. The lowest BCUT2D eigenvalue weighted by atomic mass is 9.90. The number of ether oxygens (including phenoxy) is 1. The molecule has 7 nitrogen and oxygen atoms in total. The second kappa shape index (κ2) is 5.82. The zero-order valence-corrected chi connectivity index (χ0v) is 15.3.